The molecule has 5 heteroatoms. The Morgan fingerprint density at radius 1 is 1.12 bits per heavy atom. The third-order valence-corrected chi connectivity index (χ3v) is 2.38. The first-order chi connectivity index (χ1) is 8.28. The summed E-state index contributed by atoms with van der Waals surface area (Å²) >= 11 is 0. The molecule has 1 aromatic rings. The summed E-state index contributed by atoms with van der Waals surface area (Å²) < 4.78 is 15.6. The Labute approximate surface area is 100 Å². The van der Waals surface area contributed by atoms with E-state index >= 15 is 0 Å². The number of aliphatic imine (C=N–C) groups is 1. The van der Waals surface area contributed by atoms with E-state index in [0.717, 1.165) is 11.1 Å². The average Bonchev–Trinajstić information content (AvgIpc) is 2.37. The maximum atomic E-state index is 10.2. The van der Waals surface area contributed by atoms with Crippen LogP contribution >= 0.6 is 0 Å². The molecule has 92 valence electrons. The molecule has 0 saturated heterocycles. The minimum absolute atomic E-state index is 0.197. The lowest BCUT2D eigenvalue weighted by Gasteiger charge is -2.15. The number of benzene rings is 1. The molecule has 0 amide bonds. The second-order valence-electron chi connectivity index (χ2n) is 3.27. The van der Waals surface area contributed by atoms with Gasteiger partial charge in [0.1, 0.15) is 11.5 Å². The van der Waals surface area contributed by atoms with Crippen molar-refractivity contribution in [3.8, 4) is 11.5 Å². The molecule has 0 fully saturated rings. The molecular formula is C12H15NO4. The maximum Gasteiger partial charge on any atom is 0.235 e. The zero-order valence-corrected chi connectivity index (χ0v) is 10.1. The molecule has 0 aliphatic carbocycles. The van der Waals surface area contributed by atoms with Gasteiger partial charge in [0.05, 0.1) is 27.4 Å². The van der Waals surface area contributed by atoms with Crippen LogP contribution in [0.4, 0.5) is 0 Å². The molecule has 5 nitrogen and oxygen atoms in total. The van der Waals surface area contributed by atoms with E-state index in [4.69, 9.17) is 14.2 Å². The molecule has 0 saturated carbocycles. The Bertz CT molecular complexity index is 425. The van der Waals surface area contributed by atoms with Crippen molar-refractivity contribution in [3.05, 3.63) is 23.3 Å². The highest BCUT2D eigenvalue weighted by atomic mass is 16.5. The zero-order chi connectivity index (χ0) is 12.7. The van der Waals surface area contributed by atoms with E-state index in [1.807, 2.05) is 0 Å². The molecule has 17 heavy (non-hydrogen) atoms. The quantitative estimate of drug-likeness (QED) is 0.558. The summed E-state index contributed by atoms with van der Waals surface area (Å²) in [5.41, 5.74) is 1.60. The molecule has 0 aromatic heterocycles. The highest BCUT2D eigenvalue weighted by Crippen LogP contribution is 2.31. The topological polar surface area (TPSA) is 57.1 Å². The standard InChI is InChI=1S/C12H15NO4/c1-15-7-10-9(6-13-8-14)11(16-2)4-5-12(10)17-3/h4-5H,6-7H2,1-3H3. The summed E-state index contributed by atoms with van der Waals surface area (Å²) in [5, 5.41) is 0. The number of ether oxygens (including phenoxy) is 3. The fourth-order valence-corrected chi connectivity index (χ4v) is 1.62. The second kappa shape index (κ2) is 6.68. The first-order valence-electron chi connectivity index (χ1n) is 5.03. The van der Waals surface area contributed by atoms with Crippen LogP contribution in [0.25, 0.3) is 0 Å². The van der Waals surface area contributed by atoms with E-state index in [1.165, 1.54) is 6.08 Å². The van der Waals surface area contributed by atoms with Crippen LogP contribution in [-0.2, 0) is 22.7 Å². The van der Waals surface area contributed by atoms with Crippen LogP contribution in [0.3, 0.4) is 0 Å². The van der Waals surface area contributed by atoms with Crippen LogP contribution in [0, 0.1) is 0 Å². The van der Waals surface area contributed by atoms with Gasteiger partial charge in [0.2, 0.25) is 6.08 Å². The molecule has 1 rings (SSSR count). The molecule has 0 aliphatic heterocycles. The van der Waals surface area contributed by atoms with Crippen LogP contribution in [0.1, 0.15) is 11.1 Å². The fraction of sp³-hybridized carbons (Fsp3) is 0.417. The maximum absolute atomic E-state index is 10.2. The number of carbonyl (C=O) groups excluding carboxylic acids is 1. The molecule has 0 heterocycles. The second-order valence-corrected chi connectivity index (χ2v) is 3.27. The van der Waals surface area contributed by atoms with Gasteiger partial charge in [0.25, 0.3) is 0 Å². The third kappa shape index (κ3) is 3.06. The molecule has 0 radical (unpaired) electrons. The summed E-state index contributed by atoms with van der Waals surface area (Å²) in [4.78, 5) is 13.8. The van der Waals surface area contributed by atoms with Crippen LogP contribution in [0.15, 0.2) is 17.1 Å². The van der Waals surface area contributed by atoms with Crippen molar-refractivity contribution >= 4 is 6.08 Å². The molecule has 0 spiro atoms. The minimum atomic E-state index is 0.197. The highest BCUT2D eigenvalue weighted by molar-refractivity contribution is 5.49. The average molecular weight is 237 g/mol. The minimum Gasteiger partial charge on any atom is -0.496 e. The zero-order valence-electron chi connectivity index (χ0n) is 10.1. The summed E-state index contributed by atoms with van der Waals surface area (Å²) in [6, 6.07) is 3.56. The number of rotatable bonds is 6. The van der Waals surface area contributed by atoms with Crippen LogP contribution in [0.2, 0.25) is 0 Å². The molecule has 0 N–H and O–H groups in total. The van der Waals surface area contributed by atoms with Gasteiger partial charge in [-0.05, 0) is 12.1 Å². The van der Waals surface area contributed by atoms with E-state index < -0.39 is 0 Å². The van der Waals surface area contributed by atoms with Crippen molar-refractivity contribution in [2.24, 2.45) is 4.99 Å². The Kier molecular flexibility index (Phi) is 5.20. The number of isocyanates is 1. The molecule has 0 unspecified atom stereocenters. The number of hydrogen-bond donors (Lipinski definition) is 0. The highest BCUT2D eigenvalue weighted by Gasteiger charge is 2.14. The van der Waals surface area contributed by atoms with Crippen LogP contribution in [-0.4, -0.2) is 27.4 Å². The normalized spacial score (nSPS) is 9.59. The van der Waals surface area contributed by atoms with Crippen LogP contribution in [0.5, 0.6) is 11.5 Å². The monoisotopic (exact) mass is 237 g/mol. The van der Waals surface area contributed by atoms with Gasteiger partial charge in [-0.25, -0.2) is 9.79 Å². The van der Waals surface area contributed by atoms with Gasteiger partial charge in [0, 0.05) is 18.2 Å². The van der Waals surface area contributed by atoms with Gasteiger partial charge in [-0.1, -0.05) is 0 Å². The predicted molar refractivity (Wildman–Crippen MR) is 62.1 cm³/mol. The predicted octanol–water partition coefficient (Wildman–Crippen LogP) is 1.69. The van der Waals surface area contributed by atoms with Crippen molar-refractivity contribution in [2.45, 2.75) is 13.2 Å². The van der Waals surface area contributed by atoms with Gasteiger partial charge in [0.15, 0.2) is 0 Å². The van der Waals surface area contributed by atoms with Crippen molar-refractivity contribution in [1.29, 1.82) is 0 Å². The van der Waals surface area contributed by atoms with Gasteiger partial charge in [-0.3, -0.25) is 0 Å². The first kappa shape index (κ1) is 13.2. The Morgan fingerprint density at radius 2 is 1.71 bits per heavy atom. The molecular weight excluding hydrogens is 222 g/mol. The molecule has 0 aliphatic rings. The van der Waals surface area contributed by atoms with Gasteiger partial charge >= 0.3 is 0 Å². The van der Waals surface area contributed by atoms with Gasteiger partial charge < -0.3 is 14.2 Å². The fourth-order valence-electron chi connectivity index (χ4n) is 1.62. The summed E-state index contributed by atoms with van der Waals surface area (Å²) in [7, 11) is 4.73. The van der Waals surface area contributed by atoms with Crippen molar-refractivity contribution < 1.29 is 19.0 Å². The largest absolute Gasteiger partial charge is 0.496 e. The Balaban J connectivity index is 3.28. The molecule has 0 bridgehead atoms. The van der Waals surface area contributed by atoms with E-state index in [-0.39, 0.29) is 6.54 Å². The first-order valence-corrected chi connectivity index (χ1v) is 5.03. The van der Waals surface area contributed by atoms with Crippen molar-refractivity contribution in [3.63, 3.8) is 0 Å². The number of methoxy groups -OCH3 is 3. The number of nitrogens with zero attached hydrogens (tertiary/aromatic N) is 1. The third-order valence-electron chi connectivity index (χ3n) is 2.38. The summed E-state index contributed by atoms with van der Waals surface area (Å²) in [6.07, 6.45) is 1.51. The molecule has 0 atom stereocenters. The number of hydrogen-bond acceptors (Lipinski definition) is 5. The summed E-state index contributed by atoms with van der Waals surface area (Å²) in [5.74, 6) is 1.33. The van der Waals surface area contributed by atoms with Crippen molar-refractivity contribution in [1.82, 2.24) is 0 Å². The van der Waals surface area contributed by atoms with E-state index in [9.17, 15) is 4.79 Å². The lowest BCUT2D eigenvalue weighted by Crippen LogP contribution is -2.02. The SMILES string of the molecule is COCc1c(OC)ccc(OC)c1CN=C=O. The Morgan fingerprint density at radius 3 is 2.18 bits per heavy atom. The molecule has 1 aromatic carbocycles. The van der Waals surface area contributed by atoms with Gasteiger partial charge in [-0.15, -0.1) is 0 Å². The smallest absolute Gasteiger partial charge is 0.235 e. The van der Waals surface area contributed by atoms with E-state index in [2.05, 4.69) is 4.99 Å². The van der Waals surface area contributed by atoms with Gasteiger partial charge in [-0.2, -0.15) is 0 Å². The van der Waals surface area contributed by atoms with Crippen molar-refractivity contribution in [2.75, 3.05) is 21.3 Å². The van der Waals surface area contributed by atoms with E-state index in [1.54, 1.807) is 33.5 Å². The lowest BCUT2D eigenvalue weighted by molar-refractivity contribution is 0.180. The van der Waals surface area contributed by atoms with E-state index in [0.29, 0.717) is 18.1 Å². The Hall–Kier alpha value is -1.84. The van der Waals surface area contributed by atoms with Crippen LogP contribution < -0.4 is 9.47 Å². The summed E-state index contributed by atoms with van der Waals surface area (Å²) in [6.45, 7) is 0.562. The lowest BCUT2D eigenvalue weighted by atomic mass is 10.1.